The molecule has 9 heteroatoms. The van der Waals surface area contributed by atoms with Gasteiger partial charge in [0.25, 0.3) is 11.8 Å². The van der Waals surface area contributed by atoms with Gasteiger partial charge in [0.1, 0.15) is 11.5 Å². The lowest BCUT2D eigenvalue weighted by molar-refractivity contribution is 0.0902. The van der Waals surface area contributed by atoms with E-state index in [1.54, 1.807) is 37.6 Å². The van der Waals surface area contributed by atoms with Gasteiger partial charge in [-0.2, -0.15) is 0 Å². The molecule has 1 aliphatic heterocycles. The van der Waals surface area contributed by atoms with Gasteiger partial charge < -0.3 is 19.8 Å². The van der Waals surface area contributed by atoms with Crippen molar-refractivity contribution >= 4 is 17.6 Å². The zero-order valence-electron chi connectivity index (χ0n) is 17.8. The average Bonchev–Trinajstić information content (AvgIpc) is 3.34. The number of aromatic nitrogens is 2. The molecule has 0 radical (unpaired) electrons. The van der Waals surface area contributed by atoms with E-state index in [2.05, 4.69) is 25.5 Å². The van der Waals surface area contributed by atoms with Crippen molar-refractivity contribution < 1.29 is 18.7 Å². The molecule has 2 amide bonds. The van der Waals surface area contributed by atoms with Crippen LogP contribution in [0.15, 0.2) is 59.5 Å². The van der Waals surface area contributed by atoms with E-state index in [9.17, 15) is 9.59 Å². The Balaban J connectivity index is 1.34. The van der Waals surface area contributed by atoms with Crippen LogP contribution < -0.4 is 15.4 Å². The van der Waals surface area contributed by atoms with Crippen molar-refractivity contribution in [3.05, 3.63) is 72.1 Å². The number of nitrogens with zero attached hydrogens (tertiary/aromatic N) is 3. The van der Waals surface area contributed by atoms with E-state index in [1.165, 1.54) is 12.4 Å². The maximum absolute atomic E-state index is 12.9. The number of hydrogen-bond donors (Lipinski definition) is 2. The Bertz CT molecular complexity index is 1040. The summed E-state index contributed by atoms with van der Waals surface area (Å²) >= 11 is 0. The second-order valence-electron chi connectivity index (χ2n) is 7.54. The third-order valence-electron chi connectivity index (χ3n) is 5.38. The molecule has 1 saturated heterocycles. The number of anilines is 1. The SMILES string of the molecule is COc1ccc(C(=O)Nc2nccnc2C(=O)NC2CCN(Cc3ccco3)CC2)cc1. The highest BCUT2D eigenvalue weighted by atomic mass is 16.5. The Kier molecular flexibility index (Phi) is 6.76. The lowest BCUT2D eigenvalue weighted by atomic mass is 10.0. The Morgan fingerprint density at radius 1 is 1.09 bits per heavy atom. The van der Waals surface area contributed by atoms with Gasteiger partial charge in [-0.05, 0) is 49.2 Å². The van der Waals surface area contributed by atoms with E-state index in [1.807, 2.05) is 12.1 Å². The minimum absolute atomic E-state index is 0.0301. The number of piperidine rings is 1. The predicted molar refractivity (Wildman–Crippen MR) is 117 cm³/mol. The van der Waals surface area contributed by atoms with Crippen molar-refractivity contribution in [2.75, 3.05) is 25.5 Å². The van der Waals surface area contributed by atoms with Crippen LogP contribution in [-0.2, 0) is 6.54 Å². The van der Waals surface area contributed by atoms with Crippen LogP contribution in [0.2, 0.25) is 0 Å². The Hall–Kier alpha value is -3.72. The zero-order chi connectivity index (χ0) is 22.3. The fourth-order valence-corrected chi connectivity index (χ4v) is 3.63. The van der Waals surface area contributed by atoms with Crippen molar-refractivity contribution in [1.29, 1.82) is 0 Å². The van der Waals surface area contributed by atoms with Crippen LogP contribution in [0.4, 0.5) is 5.82 Å². The second-order valence-corrected chi connectivity index (χ2v) is 7.54. The van der Waals surface area contributed by atoms with Crippen molar-refractivity contribution in [3.63, 3.8) is 0 Å². The normalized spacial score (nSPS) is 14.7. The van der Waals surface area contributed by atoms with Gasteiger partial charge in [0, 0.05) is 37.1 Å². The third-order valence-corrected chi connectivity index (χ3v) is 5.38. The van der Waals surface area contributed by atoms with Crippen LogP contribution in [-0.4, -0.2) is 52.9 Å². The lowest BCUT2D eigenvalue weighted by Crippen LogP contribution is -2.44. The molecule has 2 N–H and O–H groups in total. The number of methoxy groups -OCH3 is 1. The topological polar surface area (TPSA) is 110 Å². The van der Waals surface area contributed by atoms with Crippen LogP contribution >= 0.6 is 0 Å². The molecule has 0 bridgehead atoms. The molecular formula is C23H25N5O4. The summed E-state index contributed by atoms with van der Waals surface area (Å²) < 4.78 is 10.5. The summed E-state index contributed by atoms with van der Waals surface area (Å²) in [7, 11) is 1.56. The fraction of sp³-hybridized carbons (Fsp3) is 0.304. The summed E-state index contributed by atoms with van der Waals surface area (Å²) in [5, 5.41) is 5.71. The van der Waals surface area contributed by atoms with Gasteiger partial charge in [0.15, 0.2) is 11.5 Å². The smallest absolute Gasteiger partial charge is 0.273 e. The van der Waals surface area contributed by atoms with E-state index in [0.717, 1.165) is 38.2 Å². The number of furan rings is 1. The highest BCUT2D eigenvalue weighted by Crippen LogP contribution is 2.17. The standard InChI is InChI=1S/C23H25N5O4/c1-31-18-6-4-16(5-7-18)22(29)27-21-20(24-10-11-25-21)23(30)26-17-8-12-28(13-9-17)15-19-3-2-14-32-19/h2-7,10-11,14,17H,8-9,12-13,15H2,1H3,(H,26,30)(H,25,27,29). The van der Waals surface area contributed by atoms with Crippen LogP contribution in [0, 0.1) is 0 Å². The number of likely N-dealkylation sites (tertiary alicyclic amines) is 1. The molecule has 3 aromatic rings. The van der Waals surface area contributed by atoms with E-state index in [-0.39, 0.29) is 29.4 Å². The van der Waals surface area contributed by atoms with E-state index < -0.39 is 0 Å². The summed E-state index contributed by atoms with van der Waals surface area (Å²) in [6.07, 6.45) is 6.19. The Labute approximate surface area is 185 Å². The third kappa shape index (κ3) is 5.30. The molecule has 3 heterocycles. The molecule has 1 aromatic carbocycles. The van der Waals surface area contributed by atoms with Gasteiger partial charge in [-0.1, -0.05) is 0 Å². The number of benzene rings is 1. The van der Waals surface area contributed by atoms with Crippen molar-refractivity contribution in [2.24, 2.45) is 0 Å². The molecule has 1 aliphatic rings. The first-order valence-corrected chi connectivity index (χ1v) is 10.4. The zero-order valence-corrected chi connectivity index (χ0v) is 17.8. The van der Waals surface area contributed by atoms with Crippen molar-refractivity contribution in [2.45, 2.75) is 25.4 Å². The first-order valence-electron chi connectivity index (χ1n) is 10.4. The highest BCUT2D eigenvalue weighted by Gasteiger charge is 2.24. The molecule has 32 heavy (non-hydrogen) atoms. The van der Waals surface area contributed by atoms with Crippen LogP contribution in [0.5, 0.6) is 5.75 Å². The van der Waals surface area contributed by atoms with Crippen LogP contribution in [0.25, 0.3) is 0 Å². The summed E-state index contributed by atoms with van der Waals surface area (Å²) in [4.78, 5) is 36.0. The highest BCUT2D eigenvalue weighted by molar-refractivity contribution is 6.07. The second kappa shape index (κ2) is 10.1. The van der Waals surface area contributed by atoms with E-state index in [4.69, 9.17) is 9.15 Å². The van der Waals surface area contributed by atoms with E-state index >= 15 is 0 Å². The van der Waals surface area contributed by atoms with Gasteiger partial charge in [-0.3, -0.25) is 14.5 Å². The molecule has 1 fully saturated rings. The quantitative estimate of drug-likeness (QED) is 0.587. The summed E-state index contributed by atoms with van der Waals surface area (Å²) in [6, 6.07) is 10.5. The molecule has 0 aliphatic carbocycles. The maximum Gasteiger partial charge on any atom is 0.273 e. The summed E-state index contributed by atoms with van der Waals surface area (Å²) in [6.45, 7) is 2.47. The number of rotatable bonds is 7. The van der Waals surface area contributed by atoms with Gasteiger partial charge in [-0.15, -0.1) is 0 Å². The molecule has 9 nitrogen and oxygen atoms in total. The number of hydrogen-bond acceptors (Lipinski definition) is 7. The molecule has 166 valence electrons. The first kappa shape index (κ1) is 21.5. The largest absolute Gasteiger partial charge is 0.497 e. The molecular weight excluding hydrogens is 410 g/mol. The van der Waals surface area contributed by atoms with Crippen LogP contribution in [0.1, 0.15) is 39.4 Å². The summed E-state index contributed by atoms with van der Waals surface area (Å²) in [5.41, 5.74) is 0.513. The number of nitrogens with one attached hydrogen (secondary N) is 2. The predicted octanol–water partition coefficient (Wildman–Crippen LogP) is 2.72. The molecule has 2 aromatic heterocycles. The monoisotopic (exact) mass is 435 g/mol. The van der Waals surface area contributed by atoms with Gasteiger partial charge in [0.05, 0.1) is 19.9 Å². The Morgan fingerprint density at radius 3 is 2.53 bits per heavy atom. The average molecular weight is 435 g/mol. The minimum atomic E-state index is -0.381. The van der Waals surface area contributed by atoms with Gasteiger partial charge >= 0.3 is 0 Å². The number of carbonyl (C=O) groups is 2. The van der Waals surface area contributed by atoms with Gasteiger partial charge in [-0.25, -0.2) is 9.97 Å². The molecule has 0 unspecified atom stereocenters. The molecule has 0 spiro atoms. The maximum atomic E-state index is 12.9. The Morgan fingerprint density at radius 2 is 1.84 bits per heavy atom. The van der Waals surface area contributed by atoms with Gasteiger partial charge in [0.2, 0.25) is 0 Å². The first-order chi connectivity index (χ1) is 15.6. The lowest BCUT2D eigenvalue weighted by Gasteiger charge is -2.31. The number of ether oxygens (including phenoxy) is 1. The molecule has 0 atom stereocenters. The molecule has 0 saturated carbocycles. The molecule has 4 rings (SSSR count). The van der Waals surface area contributed by atoms with Crippen LogP contribution in [0.3, 0.4) is 0 Å². The minimum Gasteiger partial charge on any atom is -0.497 e. The van der Waals surface area contributed by atoms with Crippen molar-refractivity contribution in [3.8, 4) is 5.75 Å². The number of amides is 2. The summed E-state index contributed by atoms with van der Waals surface area (Å²) in [5.74, 6) is 0.975. The number of carbonyl (C=O) groups excluding carboxylic acids is 2. The van der Waals surface area contributed by atoms with Crippen molar-refractivity contribution in [1.82, 2.24) is 20.2 Å². The fourth-order valence-electron chi connectivity index (χ4n) is 3.63. The van der Waals surface area contributed by atoms with E-state index in [0.29, 0.717) is 11.3 Å².